The topological polar surface area (TPSA) is 87.0 Å². The highest BCUT2D eigenvalue weighted by Gasteiger charge is 1.97. The highest BCUT2D eigenvalue weighted by molar-refractivity contribution is 7.75. The van der Waals surface area contributed by atoms with E-state index < -0.39 is 12.1 Å². The number of aliphatic hydroxyl groups excluding tert-OH is 2. The summed E-state index contributed by atoms with van der Waals surface area (Å²) in [5.41, 5.74) is 0. The van der Waals surface area contributed by atoms with Gasteiger partial charge in [0.2, 0.25) is 0 Å². The molecule has 0 aliphatic heterocycles. The van der Waals surface area contributed by atoms with Crippen molar-refractivity contribution in [1.82, 2.24) is 0 Å². The van der Waals surface area contributed by atoms with Crippen LogP contribution in [0.15, 0.2) is 0 Å². The number of carbonyl (C=O) groups is 1. The van der Waals surface area contributed by atoms with Crippen molar-refractivity contribution in [2.75, 3.05) is 13.2 Å². The Morgan fingerprint density at radius 3 is 2.18 bits per heavy atom. The molecule has 68 valence electrons. The minimum atomic E-state index is -0.833. The molecule has 11 heavy (non-hydrogen) atoms. The second-order valence-electron chi connectivity index (χ2n) is 1.65. The minimum absolute atomic E-state index is 0.0691. The monoisotopic (exact) mass is 184 g/mol. The zero-order chi connectivity index (χ0) is 9.28. The van der Waals surface area contributed by atoms with Crippen LogP contribution in [0.1, 0.15) is 6.92 Å². The summed E-state index contributed by atoms with van der Waals surface area (Å²) in [7, 11) is 0. The predicted octanol–water partition coefficient (Wildman–Crippen LogP) is -0.708. The lowest BCUT2D eigenvalue weighted by molar-refractivity contribution is -0.134. The van der Waals surface area contributed by atoms with Gasteiger partial charge in [0.05, 0.1) is 13.2 Å². The molecule has 0 bridgehead atoms. The number of rotatable bonds is 3. The summed E-state index contributed by atoms with van der Waals surface area (Å²) in [6, 6.07) is 0. The van der Waals surface area contributed by atoms with Crippen LogP contribution >= 0.6 is 12.9 Å². The first-order valence-electron chi connectivity index (χ1n) is 2.79. The van der Waals surface area contributed by atoms with Crippen LogP contribution in [0.5, 0.6) is 0 Å². The summed E-state index contributed by atoms with van der Waals surface area (Å²) in [6.45, 7) is 0.875. The lowest BCUT2D eigenvalue weighted by Gasteiger charge is -2.00. The Bertz CT molecular complexity index is 92.9. The van der Waals surface area contributed by atoms with E-state index in [9.17, 15) is 0 Å². The Hall–Kier alpha value is -0.300. The van der Waals surface area contributed by atoms with Gasteiger partial charge >= 0.3 is 0 Å². The third-order valence-electron chi connectivity index (χ3n) is 0.478. The molecule has 0 aromatic rings. The molecule has 1 unspecified atom stereocenters. The smallest absolute Gasteiger partial charge is 0.300 e. The van der Waals surface area contributed by atoms with Crippen LogP contribution < -0.4 is 0 Å². The van der Waals surface area contributed by atoms with Crippen LogP contribution in [-0.4, -0.2) is 40.6 Å². The first-order chi connectivity index (χ1) is 5.04. The van der Waals surface area contributed by atoms with E-state index in [1.165, 1.54) is 0 Å². The van der Waals surface area contributed by atoms with Crippen molar-refractivity contribution in [2.45, 2.75) is 13.0 Å². The summed E-state index contributed by atoms with van der Waals surface area (Å²) < 4.78 is 4.18. The first-order valence-corrected chi connectivity index (χ1v) is 3.16. The van der Waals surface area contributed by atoms with E-state index in [0.717, 1.165) is 6.92 Å². The molecular weight excluding hydrogens is 172 g/mol. The number of hydrogen-bond acceptors (Lipinski definition) is 5. The van der Waals surface area contributed by atoms with Gasteiger partial charge in [0.25, 0.3) is 5.97 Å². The lowest BCUT2D eigenvalue weighted by atomic mass is 10.4. The molecule has 6 heteroatoms. The van der Waals surface area contributed by atoms with Crippen LogP contribution in [0.25, 0.3) is 0 Å². The summed E-state index contributed by atoms with van der Waals surface area (Å²) in [6.07, 6.45) is -0.794. The molecule has 1 atom stereocenters. The van der Waals surface area contributed by atoms with Crippen molar-refractivity contribution in [3.05, 3.63) is 0 Å². The highest BCUT2D eigenvalue weighted by Crippen LogP contribution is 1.83. The number of thiol groups is 1. The van der Waals surface area contributed by atoms with Crippen molar-refractivity contribution >= 4 is 18.9 Å². The van der Waals surface area contributed by atoms with E-state index in [0.29, 0.717) is 0 Å². The number of aliphatic carboxylic acids is 1. The molecule has 0 rings (SSSR count). The van der Waals surface area contributed by atoms with Crippen molar-refractivity contribution < 1.29 is 24.3 Å². The molecule has 0 amide bonds. The maximum Gasteiger partial charge on any atom is 0.300 e. The molecule has 0 aromatic carbocycles. The van der Waals surface area contributed by atoms with Gasteiger partial charge in [0, 0.05) is 6.92 Å². The van der Waals surface area contributed by atoms with E-state index in [-0.39, 0.29) is 13.2 Å². The second-order valence-corrected chi connectivity index (χ2v) is 1.91. The van der Waals surface area contributed by atoms with Crippen LogP contribution in [0.3, 0.4) is 0 Å². The molecule has 0 saturated carbocycles. The lowest BCUT2D eigenvalue weighted by Crippen LogP contribution is -2.16. The summed E-state index contributed by atoms with van der Waals surface area (Å²) in [5.74, 6) is -0.833. The summed E-state index contributed by atoms with van der Waals surface area (Å²) >= 11 is 3.34. The van der Waals surface area contributed by atoms with Crippen molar-refractivity contribution in [3.8, 4) is 0 Å². The Morgan fingerprint density at radius 2 is 2.09 bits per heavy atom. The molecule has 0 aliphatic carbocycles. The van der Waals surface area contributed by atoms with Crippen molar-refractivity contribution in [2.24, 2.45) is 0 Å². The van der Waals surface area contributed by atoms with E-state index in [2.05, 4.69) is 17.1 Å². The predicted molar refractivity (Wildman–Crippen MR) is 41.3 cm³/mol. The Balaban J connectivity index is 0. The van der Waals surface area contributed by atoms with Crippen molar-refractivity contribution in [1.29, 1.82) is 0 Å². The van der Waals surface area contributed by atoms with Gasteiger partial charge in [-0.25, -0.2) is 0 Å². The zero-order valence-corrected chi connectivity index (χ0v) is 6.99. The van der Waals surface area contributed by atoms with Crippen LogP contribution in [0, 0.1) is 0 Å². The summed E-state index contributed by atoms with van der Waals surface area (Å²) in [5, 5.41) is 24.0. The van der Waals surface area contributed by atoms with Gasteiger partial charge in [0.1, 0.15) is 6.10 Å². The quantitative estimate of drug-likeness (QED) is 0.344. The Morgan fingerprint density at radius 1 is 1.73 bits per heavy atom. The fraction of sp³-hybridized carbons (Fsp3) is 0.800. The maximum atomic E-state index is 9.00. The fourth-order valence-electron chi connectivity index (χ4n) is 0.139. The molecule has 3 N–H and O–H groups in total. The van der Waals surface area contributed by atoms with Gasteiger partial charge in [-0.15, -0.1) is 0 Å². The largest absolute Gasteiger partial charge is 0.481 e. The molecule has 0 heterocycles. The molecule has 0 radical (unpaired) electrons. The van der Waals surface area contributed by atoms with Crippen LogP contribution in [-0.2, 0) is 8.98 Å². The fourth-order valence-corrected chi connectivity index (χ4v) is 0.311. The maximum absolute atomic E-state index is 9.00. The van der Waals surface area contributed by atoms with Crippen LogP contribution in [0.2, 0.25) is 0 Å². The normalized spacial score (nSPS) is 11.3. The van der Waals surface area contributed by atoms with Crippen LogP contribution in [0.4, 0.5) is 0 Å². The molecule has 0 aromatic heterocycles. The van der Waals surface area contributed by atoms with Gasteiger partial charge in [-0.3, -0.25) is 4.79 Å². The average Bonchev–Trinajstić information content (AvgIpc) is 1.87. The van der Waals surface area contributed by atoms with E-state index in [1.807, 2.05) is 0 Å². The Kier molecular flexibility index (Phi) is 11.7. The SMILES string of the molecule is CC(=O)O.OCC(O)COS. The Labute approximate surface area is 70.2 Å². The van der Waals surface area contributed by atoms with E-state index in [1.54, 1.807) is 0 Å². The number of carboxylic acid groups (broad SMARTS) is 1. The van der Waals surface area contributed by atoms with E-state index in [4.69, 9.17) is 20.1 Å². The number of aliphatic hydroxyl groups is 2. The third kappa shape index (κ3) is 26.0. The highest BCUT2D eigenvalue weighted by atomic mass is 32.1. The third-order valence-corrected chi connectivity index (χ3v) is 0.627. The molecule has 0 spiro atoms. The molecule has 0 saturated heterocycles. The molecule has 0 fully saturated rings. The first kappa shape index (κ1) is 13.3. The average molecular weight is 184 g/mol. The van der Waals surface area contributed by atoms with E-state index >= 15 is 0 Å². The number of hydrogen-bond donors (Lipinski definition) is 4. The standard InChI is InChI=1S/C3H8O3S.C2H4O2/c4-1-3(5)2-6-7;1-2(3)4/h3-5,7H,1-2H2;1H3,(H,3,4). The van der Waals surface area contributed by atoms with Gasteiger partial charge in [-0.2, -0.15) is 0 Å². The molecular formula is C5H12O5S. The molecule has 5 nitrogen and oxygen atoms in total. The van der Waals surface area contributed by atoms with Gasteiger partial charge in [-0.1, -0.05) is 0 Å². The van der Waals surface area contributed by atoms with Gasteiger partial charge in [0.15, 0.2) is 0 Å². The zero-order valence-electron chi connectivity index (χ0n) is 6.10. The minimum Gasteiger partial charge on any atom is -0.481 e. The van der Waals surface area contributed by atoms with Gasteiger partial charge < -0.3 is 19.5 Å². The van der Waals surface area contributed by atoms with Gasteiger partial charge in [-0.05, 0) is 12.9 Å². The second kappa shape index (κ2) is 9.70. The number of carboxylic acids is 1. The molecule has 0 aliphatic rings. The van der Waals surface area contributed by atoms with Crippen molar-refractivity contribution in [3.63, 3.8) is 0 Å². The summed E-state index contributed by atoms with van der Waals surface area (Å²) in [4.78, 5) is 9.00.